The summed E-state index contributed by atoms with van der Waals surface area (Å²) >= 11 is 0. The summed E-state index contributed by atoms with van der Waals surface area (Å²) in [6.45, 7) is 0. The van der Waals surface area contributed by atoms with E-state index in [2.05, 4.69) is 200 Å². The van der Waals surface area contributed by atoms with Crippen molar-refractivity contribution in [3.8, 4) is 101 Å². The molecule has 270 valence electrons. The van der Waals surface area contributed by atoms with Crippen LogP contribution in [0.5, 0.6) is 0 Å². The summed E-state index contributed by atoms with van der Waals surface area (Å²) in [6, 6.07) is 75.2. The first-order valence-electron chi connectivity index (χ1n) is 19.7. The second-order valence-corrected chi connectivity index (χ2v) is 14.8. The average Bonchev–Trinajstić information content (AvgIpc) is 3.64. The van der Waals surface area contributed by atoms with Crippen LogP contribution in [0.3, 0.4) is 0 Å². The van der Waals surface area contributed by atoms with Crippen LogP contribution in [0.4, 0.5) is 0 Å². The number of hydrogen-bond donors (Lipinski definition) is 0. The molecule has 11 rings (SSSR count). The summed E-state index contributed by atoms with van der Waals surface area (Å²) in [4.78, 5) is 15.6. The fraction of sp³-hybridized carbons (Fsp3) is 0. The van der Waals surface area contributed by atoms with Gasteiger partial charge in [-0.25, -0.2) is 15.0 Å². The Bertz CT molecular complexity index is 2990. The molecule has 0 aliphatic heterocycles. The zero-order valence-corrected chi connectivity index (χ0v) is 31.5. The third-order valence-electron chi connectivity index (χ3n) is 11.3. The number of nitrogens with zero attached hydrogens (tertiary/aromatic N) is 3. The summed E-state index contributed by atoms with van der Waals surface area (Å²) in [7, 11) is 0. The van der Waals surface area contributed by atoms with Gasteiger partial charge < -0.3 is 0 Å². The zero-order valence-electron chi connectivity index (χ0n) is 31.5. The average molecular weight is 738 g/mol. The normalized spacial score (nSPS) is 11.4. The molecule has 9 aromatic carbocycles. The van der Waals surface area contributed by atoms with Crippen LogP contribution in [0.25, 0.3) is 112 Å². The van der Waals surface area contributed by atoms with Gasteiger partial charge in [0, 0.05) is 16.7 Å². The van der Waals surface area contributed by atoms with Crippen molar-refractivity contribution < 1.29 is 0 Å². The lowest BCUT2D eigenvalue weighted by Gasteiger charge is -2.14. The van der Waals surface area contributed by atoms with Gasteiger partial charge in [-0.15, -0.1) is 0 Å². The van der Waals surface area contributed by atoms with E-state index in [9.17, 15) is 0 Å². The van der Waals surface area contributed by atoms with Crippen molar-refractivity contribution in [3.05, 3.63) is 212 Å². The standard InChI is InChI=1S/C55H35N3/c1-4-13-36(14-5-1)39-23-27-41(28-24-39)53-56-54(42-29-25-40(26-30-42)37-15-6-2-7-16-37)58-55(57-53)45-34-43(38-17-8-3-9-18-38)33-44(35-45)46-31-32-51-48-20-11-10-19-47(48)50-22-12-21-49(46)52(50)51/h1-35H. The van der Waals surface area contributed by atoms with Crippen LogP contribution >= 0.6 is 0 Å². The molecule has 0 fully saturated rings. The Hall–Kier alpha value is -7.75. The van der Waals surface area contributed by atoms with Crippen molar-refractivity contribution in [1.82, 2.24) is 15.0 Å². The molecule has 58 heavy (non-hydrogen) atoms. The van der Waals surface area contributed by atoms with E-state index in [-0.39, 0.29) is 0 Å². The quantitative estimate of drug-likeness (QED) is 0.163. The van der Waals surface area contributed by atoms with Crippen LogP contribution in [0.1, 0.15) is 0 Å². The van der Waals surface area contributed by atoms with Gasteiger partial charge in [0.15, 0.2) is 17.5 Å². The number of rotatable bonds is 7. The van der Waals surface area contributed by atoms with Gasteiger partial charge >= 0.3 is 0 Å². The molecule has 10 aromatic rings. The first-order chi connectivity index (χ1) is 28.7. The van der Waals surface area contributed by atoms with E-state index in [1.165, 1.54) is 49.7 Å². The van der Waals surface area contributed by atoms with Crippen molar-refractivity contribution in [2.45, 2.75) is 0 Å². The Kier molecular flexibility index (Phi) is 8.15. The highest BCUT2D eigenvalue weighted by molar-refractivity contribution is 6.18. The predicted molar refractivity (Wildman–Crippen MR) is 240 cm³/mol. The van der Waals surface area contributed by atoms with Crippen molar-refractivity contribution in [1.29, 1.82) is 0 Å². The van der Waals surface area contributed by atoms with E-state index >= 15 is 0 Å². The third kappa shape index (κ3) is 5.98. The maximum absolute atomic E-state index is 5.24. The molecule has 0 saturated heterocycles. The minimum absolute atomic E-state index is 0.622. The molecule has 1 aliphatic carbocycles. The minimum Gasteiger partial charge on any atom is -0.208 e. The van der Waals surface area contributed by atoms with Crippen LogP contribution in [0.15, 0.2) is 212 Å². The molecular formula is C55H35N3. The van der Waals surface area contributed by atoms with Gasteiger partial charge in [-0.05, 0) is 95.7 Å². The van der Waals surface area contributed by atoms with Crippen LogP contribution in [0, 0.1) is 0 Å². The van der Waals surface area contributed by atoms with Crippen LogP contribution < -0.4 is 0 Å². The first-order valence-corrected chi connectivity index (χ1v) is 19.7. The van der Waals surface area contributed by atoms with E-state index in [4.69, 9.17) is 15.0 Å². The third-order valence-corrected chi connectivity index (χ3v) is 11.3. The molecule has 1 aromatic heterocycles. The van der Waals surface area contributed by atoms with E-state index in [0.29, 0.717) is 17.5 Å². The monoisotopic (exact) mass is 737 g/mol. The summed E-state index contributed by atoms with van der Waals surface area (Å²) in [5.74, 6) is 1.87. The molecule has 1 heterocycles. The minimum atomic E-state index is 0.622. The number of hydrogen-bond acceptors (Lipinski definition) is 3. The smallest absolute Gasteiger partial charge is 0.164 e. The second kappa shape index (κ2) is 14.1. The van der Waals surface area contributed by atoms with E-state index in [1.807, 2.05) is 12.1 Å². The summed E-state index contributed by atoms with van der Waals surface area (Å²) in [5, 5.41) is 2.53. The van der Waals surface area contributed by atoms with Crippen molar-refractivity contribution in [2.24, 2.45) is 0 Å². The number of aromatic nitrogens is 3. The van der Waals surface area contributed by atoms with Crippen LogP contribution in [0.2, 0.25) is 0 Å². The Labute approximate surface area is 337 Å². The SMILES string of the molecule is c1ccc(-c2ccc(-c3nc(-c4ccc(-c5ccccc5)cc4)nc(-c4cc(-c5ccccc5)cc(-c5ccc6c7c(cccc57)-c5ccccc5-6)c4)n3)cc2)cc1. The van der Waals surface area contributed by atoms with E-state index in [1.54, 1.807) is 0 Å². The molecule has 0 spiro atoms. The van der Waals surface area contributed by atoms with Gasteiger partial charge in [0.2, 0.25) is 0 Å². The number of fused-ring (bicyclic) bond motifs is 3. The molecule has 0 N–H and O–H groups in total. The van der Waals surface area contributed by atoms with Gasteiger partial charge in [0.25, 0.3) is 0 Å². The van der Waals surface area contributed by atoms with Crippen LogP contribution in [-0.4, -0.2) is 15.0 Å². The van der Waals surface area contributed by atoms with Gasteiger partial charge in [-0.2, -0.15) is 0 Å². The van der Waals surface area contributed by atoms with Crippen molar-refractivity contribution >= 4 is 10.8 Å². The maximum atomic E-state index is 5.24. The highest BCUT2D eigenvalue weighted by Crippen LogP contribution is 2.49. The molecule has 0 saturated carbocycles. The lowest BCUT2D eigenvalue weighted by molar-refractivity contribution is 1.07. The lowest BCUT2D eigenvalue weighted by atomic mass is 9.91. The fourth-order valence-corrected chi connectivity index (χ4v) is 8.42. The summed E-state index contributed by atoms with van der Waals surface area (Å²) in [6.07, 6.45) is 0. The Morgan fingerprint density at radius 3 is 1.10 bits per heavy atom. The van der Waals surface area contributed by atoms with Gasteiger partial charge in [0.1, 0.15) is 0 Å². The molecule has 1 aliphatic rings. The molecule has 3 heteroatoms. The molecular weight excluding hydrogens is 703 g/mol. The molecule has 0 atom stereocenters. The van der Waals surface area contributed by atoms with Gasteiger partial charge in [-0.3, -0.25) is 0 Å². The second-order valence-electron chi connectivity index (χ2n) is 14.8. The largest absolute Gasteiger partial charge is 0.208 e. The predicted octanol–water partition coefficient (Wildman–Crippen LogP) is 14.3. The Morgan fingerprint density at radius 1 is 0.207 bits per heavy atom. The highest BCUT2D eigenvalue weighted by atomic mass is 15.0. The lowest BCUT2D eigenvalue weighted by Crippen LogP contribution is -2.01. The molecule has 3 nitrogen and oxygen atoms in total. The highest BCUT2D eigenvalue weighted by Gasteiger charge is 2.23. The van der Waals surface area contributed by atoms with E-state index in [0.717, 1.165) is 44.5 Å². The zero-order chi connectivity index (χ0) is 38.4. The summed E-state index contributed by atoms with van der Waals surface area (Å²) < 4.78 is 0. The maximum Gasteiger partial charge on any atom is 0.164 e. The summed E-state index contributed by atoms with van der Waals surface area (Å²) in [5.41, 5.74) is 17.1. The topological polar surface area (TPSA) is 38.7 Å². The first kappa shape index (κ1) is 33.6. The van der Waals surface area contributed by atoms with E-state index < -0.39 is 0 Å². The number of benzene rings is 9. The molecule has 0 unspecified atom stereocenters. The molecule has 0 radical (unpaired) electrons. The van der Waals surface area contributed by atoms with Gasteiger partial charge in [0.05, 0.1) is 0 Å². The van der Waals surface area contributed by atoms with Gasteiger partial charge in [-0.1, -0.05) is 194 Å². The van der Waals surface area contributed by atoms with Crippen molar-refractivity contribution in [3.63, 3.8) is 0 Å². The van der Waals surface area contributed by atoms with Crippen molar-refractivity contribution in [2.75, 3.05) is 0 Å². The Balaban J connectivity index is 1.09. The van der Waals surface area contributed by atoms with Crippen LogP contribution in [-0.2, 0) is 0 Å². The molecule has 0 amide bonds. The molecule has 0 bridgehead atoms. The Morgan fingerprint density at radius 2 is 0.569 bits per heavy atom. The fourth-order valence-electron chi connectivity index (χ4n) is 8.42.